The first kappa shape index (κ1) is 15.3. The van der Waals surface area contributed by atoms with Crippen LogP contribution in [0.25, 0.3) is 0 Å². The summed E-state index contributed by atoms with van der Waals surface area (Å²) in [5.41, 5.74) is -0.555. The number of nitrogens with one attached hydrogen (secondary N) is 2. The Bertz CT molecular complexity index is 518. The number of nitrogens with zero attached hydrogens (tertiary/aromatic N) is 1. The van der Waals surface area contributed by atoms with Crippen LogP contribution in [0.3, 0.4) is 0 Å². The van der Waals surface area contributed by atoms with Crippen molar-refractivity contribution in [3.8, 4) is 0 Å². The van der Waals surface area contributed by atoms with E-state index in [0.29, 0.717) is 30.2 Å². The van der Waals surface area contributed by atoms with E-state index in [2.05, 4.69) is 22.7 Å². The molecule has 2 amide bonds. The van der Waals surface area contributed by atoms with E-state index in [9.17, 15) is 14.7 Å². The molecule has 1 aliphatic carbocycles. The third-order valence-electron chi connectivity index (χ3n) is 4.00. The number of carboxylic acids is 1. The van der Waals surface area contributed by atoms with Gasteiger partial charge < -0.3 is 20.3 Å². The number of aliphatic carboxylic acids is 1. The van der Waals surface area contributed by atoms with Crippen LogP contribution in [0.2, 0.25) is 0 Å². The molecule has 1 heterocycles. The number of urea groups is 1. The van der Waals surface area contributed by atoms with Gasteiger partial charge in [-0.3, -0.25) is 0 Å². The second-order valence-electron chi connectivity index (χ2n) is 5.81. The maximum atomic E-state index is 11.9. The lowest BCUT2D eigenvalue weighted by Gasteiger charge is -2.36. The molecule has 1 aliphatic rings. The van der Waals surface area contributed by atoms with Crippen molar-refractivity contribution in [2.45, 2.75) is 51.6 Å². The Hall–Kier alpha value is -2.05. The summed E-state index contributed by atoms with van der Waals surface area (Å²) in [5, 5.41) is 18.4. The molecule has 116 valence electrons. The molecule has 0 bridgehead atoms. The van der Waals surface area contributed by atoms with Crippen LogP contribution in [0.4, 0.5) is 4.79 Å². The van der Waals surface area contributed by atoms with Crippen molar-refractivity contribution >= 4 is 12.0 Å². The van der Waals surface area contributed by atoms with E-state index in [0.717, 1.165) is 12.8 Å². The number of amides is 2. The number of carbonyl (C=O) groups excluding carboxylic acids is 1. The van der Waals surface area contributed by atoms with E-state index in [-0.39, 0.29) is 6.54 Å². The summed E-state index contributed by atoms with van der Waals surface area (Å²) in [6.07, 6.45) is 2.52. The van der Waals surface area contributed by atoms with Crippen molar-refractivity contribution < 1.29 is 19.2 Å². The summed E-state index contributed by atoms with van der Waals surface area (Å²) in [6.45, 7) is 4.06. The Labute approximate surface area is 123 Å². The lowest BCUT2D eigenvalue weighted by Crippen LogP contribution is -2.58. The van der Waals surface area contributed by atoms with Crippen LogP contribution >= 0.6 is 0 Å². The van der Waals surface area contributed by atoms with Gasteiger partial charge in [-0.25, -0.2) is 9.59 Å². The maximum Gasteiger partial charge on any atom is 0.329 e. The lowest BCUT2D eigenvalue weighted by atomic mass is 9.77. The van der Waals surface area contributed by atoms with E-state index in [1.165, 1.54) is 0 Å². The van der Waals surface area contributed by atoms with Crippen molar-refractivity contribution in [3.63, 3.8) is 0 Å². The summed E-state index contributed by atoms with van der Waals surface area (Å²) in [7, 11) is 0. The highest BCUT2D eigenvalue weighted by atomic mass is 16.5. The van der Waals surface area contributed by atoms with Crippen LogP contribution in [0.15, 0.2) is 10.6 Å². The number of hydrogen-bond donors (Lipinski definition) is 3. The minimum Gasteiger partial charge on any atom is -0.480 e. The van der Waals surface area contributed by atoms with E-state index in [1.54, 1.807) is 13.0 Å². The SMILES string of the molecule is Cc1cc(CNC(=O)NC2(C(=O)O)CCC(C)CC2)no1. The fourth-order valence-corrected chi connectivity index (χ4v) is 2.58. The second-order valence-corrected chi connectivity index (χ2v) is 5.81. The lowest BCUT2D eigenvalue weighted by molar-refractivity contribution is -0.146. The molecule has 0 aliphatic heterocycles. The molecule has 2 rings (SSSR count). The van der Waals surface area contributed by atoms with E-state index >= 15 is 0 Å². The van der Waals surface area contributed by atoms with Crippen LogP contribution in [-0.2, 0) is 11.3 Å². The third kappa shape index (κ3) is 3.74. The first-order chi connectivity index (χ1) is 9.91. The minimum atomic E-state index is -1.16. The van der Waals surface area contributed by atoms with Crippen molar-refractivity contribution in [2.75, 3.05) is 0 Å². The molecule has 0 aromatic carbocycles. The van der Waals surface area contributed by atoms with Crippen LogP contribution in [-0.4, -0.2) is 27.8 Å². The first-order valence-corrected chi connectivity index (χ1v) is 7.13. The predicted molar refractivity (Wildman–Crippen MR) is 74.6 cm³/mol. The number of carbonyl (C=O) groups is 2. The number of rotatable bonds is 4. The van der Waals surface area contributed by atoms with Crippen LogP contribution in [0, 0.1) is 12.8 Å². The van der Waals surface area contributed by atoms with Gasteiger partial charge in [0.1, 0.15) is 17.0 Å². The molecule has 1 aromatic heterocycles. The predicted octanol–water partition coefficient (Wildman–Crippen LogP) is 1.82. The summed E-state index contributed by atoms with van der Waals surface area (Å²) in [4.78, 5) is 23.5. The highest BCUT2D eigenvalue weighted by molar-refractivity contribution is 5.86. The average Bonchev–Trinajstić information content (AvgIpc) is 2.85. The average molecular weight is 295 g/mol. The third-order valence-corrected chi connectivity index (χ3v) is 4.00. The Morgan fingerprint density at radius 1 is 1.48 bits per heavy atom. The van der Waals surface area contributed by atoms with Crippen LogP contribution in [0.5, 0.6) is 0 Å². The van der Waals surface area contributed by atoms with Gasteiger partial charge in [0.05, 0.1) is 6.54 Å². The maximum absolute atomic E-state index is 11.9. The topological polar surface area (TPSA) is 104 Å². The number of carboxylic acid groups (broad SMARTS) is 1. The standard InChI is InChI=1S/C14H21N3O4/c1-9-3-5-14(6-4-9,12(18)19)16-13(20)15-8-11-7-10(2)21-17-11/h7,9H,3-6,8H2,1-2H3,(H,18,19)(H2,15,16,20). The molecule has 3 N–H and O–H groups in total. The molecule has 0 unspecified atom stereocenters. The molecule has 1 aromatic rings. The van der Waals surface area contributed by atoms with E-state index in [1.807, 2.05) is 0 Å². The van der Waals surface area contributed by atoms with Gasteiger partial charge in [-0.05, 0) is 38.5 Å². The van der Waals surface area contributed by atoms with Gasteiger partial charge in [0.25, 0.3) is 0 Å². The molecule has 7 nitrogen and oxygen atoms in total. The molecular weight excluding hydrogens is 274 g/mol. The fraction of sp³-hybridized carbons (Fsp3) is 0.643. The molecule has 0 radical (unpaired) electrons. The smallest absolute Gasteiger partial charge is 0.329 e. The molecule has 0 spiro atoms. The summed E-state index contributed by atoms with van der Waals surface area (Å²) >= 11 is 0. The minimum absolute atomic E-state index is 0.204. The summed E-state index contributed by atoms with van der Waals surface area (Å²) in [5.74, 6) is 0.192. The summed E-state index contributed by atoms with van der Waals surface area (Å²) < 4.78 is 4.90. The zero-order valence-corrected chi connectivity index (χ0v) is 12.3. The number of aryl methyl sites for hydroxylation is 1. The van der Waals surface area contributed by atoms with Gasteiger partial charge in [0.15, 0.2) is 0 Å². The molecule has 0 atom stereocenters. The summed E-state index contributed by atoms with van der Waals surface area (Å²) in [6, 6.07) is 1.22. The highest BCUT2D eigenvalue weighted by Crippen LogP contribution is 2.32. The molecular formula is C14H21N3O4. The monoisotopic (exact) mass is 295 g/mol. The fourth-order valence-electron chi connectivity index (χ4n) is 2.58. The molecule has 1 fully saturated rings. The van der Waals surface area contributed by atoms with Crippen molar-refractivity contribution in [1.82, 2.24) is 15.8 Å². The Morgan fingerprint density at radius 3 is 2.67 bits per heavy atom. The van der Waals surface area contributed by atoms with E-state index in [4.69, 9.17) is 4.52 Å². The second kappa shape index (κ2) is 6.15. The van der Waals surface area contributed by atoms with Gasteiger partial charge in [-0.2, -0.15) is 0 Å². The van der Waals surface area contributed by atoms with Crippen LogP contribution in [0.1, 0.15) is 44.1 Å². The molecule has 1 saturated carbocycles. The van der Waals surface area contributed by atoms with Gasteiger partial charge in [0, 0.05) is 6.07 Å². The quantitative estimate of drug-likeness (QED) is 0.786. The first-order valence-electron chi connectivity index (χ1n) is 7.13. The number of aromatic nitrogens is 1. The van der Waals surface area contributed by atoms with Crippen LogP contribution < -0.4 is 10.6 Å². The van der Waals surface area contributed by atoms with Crippen molar-refractivity contribution in [2.24, 2.45) is 5.92 Å². The van der Waals surface area contributed by atoms with Crippen molar-refractivity contribution in [1.29, 1.82) is 0 Å². The highest BCUT2D eigenvalue weighted by Gasteiger charge is 2.42. The Morgan fingerprint density at radius 2 is 2.14 bits per heavy atom. The zero-order chi connectivity index (χ0) is 15.5. The van der Waals surface area contributed by atoms with Gasteiger partial charge in [-0.1, -0.05) is 12.1 Å². The number of hydrogen-bond acceptors (Lipinski definition) is 4. The van der Waals surface area contributed by atoms with Gasteiger partial charge in [0.2, 0.25) is 0 Å². The van der Waals surface area contributed by atoms with Gasteiger partial charge in [-0.15, -0.1) is 0 Å². The molecule has 7 heteroatoms. The Balaban J connectivity index is 1.91. The van der Waals surface area contributed by atoms with E-state index < -0.39 is 17.5 Å². The largest absolute Gasteiger partial charge is 0.480 e. The zero-order valence-electron chi connectivity index (χ0n) is 12.3. The Kier molecular flexibility index (Phi) is 4.50. The van der Waals surface area contributed by atoms with Crippen molar-refractivity contribution in [3.05, 3.63) is 17.5 Å². The van der Waals surface area contributed by atoms with Gasteiger partial charge >= 0.3 is 12.0 Å². The molecule has 21 heavy (non-hydrogen) atoms. The molecule has 0 saturated heterocycles. The normalized spacial score (nSPS) is 25.3.